The van der Waals surface area contributed by atoms with Gasteiger partial charge < -0.3 is 25.0 Å². The normalized spacial score (nSPS) is 26.6. The second-order valence-electron chi connectivity index (χ2n) is 4.24. The predicted octanol–water partition coefficient (Wildman–Crippen LogP) is -4.14. The van der Waals surface area contributed by atoms with Crippen LogP contribution in [0, 0.1) is 0 Å². The number of aromatic amines is 1. The van der Waals surface area contributed by atoms with Crippen LogP contribution in [-0.2, 0) is 4.74 Å². The fraction of sp³-hybridized carbons (Fsp3) is 0.556. The number of hydrogen-bond donors (Lipinski definition) is 5. The summed E-state index contributed by atoms with van der Waals surface area (Å²) in [7, 11) is -2.03. The standard InChI is InChI=1S/C9H13BN2O7/c13-3-6-5(14)1-7(19-6)12-2-4(10(17)18)8(15)11-9(12)16/h2,5-7,13-14,17-18H,1,3H2,(H,11,15,16)/t5-,6+,7+/m0/s1. The van der Waals surface area contributed by atoms with E-state index in [-0.39, 0.29) is 6.42 Å². The van der Waals surface area contributed by atoms with E-state index in [1.165, 1.54) is 0 Å². The van der Waals surface area contributed by atoms with E-state index in [4.69, 9.17) is 19.9 Å². The summed E-state index contributed by atoms with van der Waals surface area (Å²) < 4.78 is 6.18. The van der Waals surface area contributed by atoms with Gasteiger partial charge in [-0.25, -0.2) is 4.79 Å². The lowest BCUT2D eigenvalue weighted by atomic mass is 9.82. The van der Waals surface area contributed by atoms with Crippen molar-refractivity contribution in [2.45, 2.75) is 24.9 Å². The van der Waals surface area contributed by atoms with E-state index in [9.17, 15) is 14.7 Å². The van der Waals surface area contributed by atoms with Gasteiger partial charge in [0.2, 0.25) is 0 Å². The van der Waals surface area contributed by atoms with Gasteiger partial charge in [-0.2, -0.15) is 0 Å². The zero-order valence-electron chi connectivity index (χ0n) is 9.76. The third-order valence-corrected chi connectivity index (χ3v) is 2.97. The largest absolute Gasteiger partial charge is 0.495 e. The molecule has 3 atom stereocenters. The summed E-state index contributed by atoms with van der Waals surface area (Å²) in [6, 6.07) is 0. The lowest BCUT2D eigenvalue weighted by Crippen LogP contribution is -2.49. The molecule has 0 radical (unpaired) electrons. The van der Waals surface area contributed by atoms with Crippen LogP contribution in [0.15, 0.2) is 15.8 Å². The molecule has 0 saturated carbocycles. The Morgan fingerprint density at radius 2 is 2.16 bits per heavy atom. The molecule has 0 aromatic carbocycles. The third-order valence-electron chi connectivity index (χ3n) is 2.97. The summed E-state index contributed by atoms with van der Waals surface area (Å²) in [6.07, 6.45) is -1.67. The van der Waals surface area contributed by atoms with Crippen molar-refractivity contribution in [2.75, 3.05) is 6.61 Å². The molecule has 0 amide bonds. The highest BCUT2D eigenvalue weighted by Gasteiger charge is 2.35. The maximum Gasteiger partial charge on any atom is 0.495 e. The molecule has 1 aromatic heterocycles. The molecule has 9 nitrogen and oxygen atoms in total. The summed E-state index contributed by atoms with van der Waals surface area (Å²) in [4.78, 5) is 24.9. The van der Waals surface area contributed by atoms with Crippen LogP contribution in [0.5, 0.6) is 0 Å². The van der Waals surface area contributed by atoms with Crippen molar-refractivity contribution in [3.05, 3.63) is 27.0 Å². The summed E-state index contributed by atoms with van der Waals surface area (Å²) in [5.41, 5.74) is -2.12. The number of hydrogen-bond acceptors (Lipinski definition) is 7. The van der Waals surface area contributed by atoms with Gasteiger partial charge in [-0.1, -0.05) is 0 Å². The van der Waals surface area contributed by atoms with Crippen molar-refractivity contribution in [1.82, 2.24) is 9.55 Å². The Morgan fingerprint density at radius 3 is 2.68 bits per heavy atom. The highest BCUT2D eigenvalue weighted by Crippen LogP contribution is 2.26. The van der Waals surface area contributed by atoms with Crippen LogP contribution >= 0.6 is 0 Å². The summed E-state index contributed by atoms with van der Waals surface area (Å²) in [6.45, 7) is -0.411. The van der Waals surface area contributed by atoms with Crippen LogP contribution in [0.25, 0.3) is 0 Å². The molecule has 1 aliphatic rings. The van der Waals surface area contributed by atoms with Crippen LogP contribution < -0.4 is 16.7 Å². The average molecular weight is 272 g/mol. The molecule has 104 valence electrons. The van der Waals surface area contributed by atoms with Crippen molar-refractivity contribution in [1.29, 1.82) is 0 Å². The smallest absolute Gasteiger partial charge is 0.423 e. The van der Waals surface area contributed by atoms with Gasteiger partial charge in [0.25, 0.3) is 5.56 Å². The fourth-order valence-electron chi connectivity index (χ4n) is 1.95. The predicted molar refractivity (Wildman–Crippen MR) is 62.8 cm³/mol. The number of H-pyrrole nitrogens is 1. The Labute approximate surface area is 106 Å². The minimum atomic E-state index is -2.03. The molecule has 0 aliphatic carbocycles. The molecule has 1 aliphatic heterocycles. The Hall–Kier alpha value is -1.46. The van der Waals surface area contributed by atoms with Crippen molar-refractivity contribution in [2.24, 2.45) is 0 Å². The van der Waals surface area contributed by atoms with Crippen LogP contribution in [0.1, 0.15) is 12.6 Å². The van der Waals surface area contributed by atoms with Crippen molar-refractivity contribution in [3.63, 3.8) is 0 Å². The number of aliphatic hydroxyl groups excluding tert-OH is 2. The van der Waals surface area contributed by atoms with Gasteiger partial charge in [-0.3, -0.25) is 14.3 Å². The Bertz CT molecular complexity index is 568. The SMILES string of the molecule is O=c1[nH]c(=O)n([C@H]2C[C@H](O)[C@@H](CO)O2)cc1B(O)O. The molecule has 1 saturated heterocycles. The van der Waals surface area contributed by atoms with Gasteiger partial charge >= 0.3 is 12.8 Å². The van der Waals surface area contributed by atoms with E-state index in [2.05, 4.69) is 0 Å². The minimum Gasteiger partial charge on any atom is -0.423 e. The molecule has 2 heterocycles. The topological polar surface area (TPSA) is 145 Å². The maximum atomic E-state index is 11.6. The zero-order chi connectivity index (χ0) is 14.2. The summed E-state index contributed by atoms with van der Waals surface area (Å²) in [5, 5.41) is 36.5. The van der Waals surface area contributed by atoms with E-state index in [0.717, 1.165) is 10.8 Å². The van der Waals surface area contributed by atoms with Gasteiger partial charge in [0, 0.05) is 12.6 Å². The lowest BCUT2D eigenvalue weighted by Gasteiger charge is -2.15. The summed E-state index contributed by atoms with van der Waals surface area (Å²) >= 11 is 0. The highest BCUT2D eigenvalue weighted by molar-refractivity contribution is 6.58. The maximum absolute atomic E-state index is 11.6. The number of ether oxygens (including phenoxy) is 1. The molecule has 0 spiro atoms. The second-order valence-corrected chi connectivity index (χ2v) is 4.24. The molecule has 19 heavy (non-hydrogen) atoms. The first-order valence-corrected chi connectivity index (χ1v) is 5.60. The molecule has 1 fully saturated rings. The van der Waals surface area contributed by atoms with E-state index >= 15 is 0 Å². The number of aliphatic hydroxyl groups is 2. The second kappa shape index (κ2) is 5.27. The number of rotatable bonds is 3. The van der Waals surface area contributed by atoms with Crippen LogP contribution in [-0.4, -0.2) is 55.7 Å². The third kappa shape index (κ3) is 2.62. The van der Waals surface area contributed by atoms with E-state index in [1.807, 2.05) is 4.98 Å². The van der Waals surface area contributed by atoms with E-state index in [1.54, 1.807) is 0 Å². The molecule has 10 heteroatoms. The van der Waals surface area contributed by atoms with Gasteiger partial charge in [-0.15, -0.1) is 0 Å². The lowest BCUT2D eigenvalue weighted by molar-refractivity contribution is -0.0458. The highest BCUT2D eigenvalue weighted by atomic mass is 16.5. The van der Waals surface area contributed by atoms with Crippen LogP contribution in [0.2, 0.25) is 0 Å². The van der Waals surface area contributed by atoms with Gasteiger partial charge in [-0.05, 0) is 0 Å². The average Bonchev–Trinajstić information content (AvgIpc) is 2.69. The molecule has 0 unspecified atom stereocenters. The van der Waals surface area contributed by atoms with Crippen molar-refractivity contribution >= 4 is 12.6 Å². The number of nitrogens with one attached hydrogen (secondary N) is 1. The van der Waals surface area contributed by atoms with Gasteiger partial charge in [0.15, 0.2) is 0 Å². The van der Waals surface area contributed by atoms with Crippen molar-refractivity contribution in [3.8, 4) is 0 Å². The Morgan fingerprint density at radius 1 is 1.47 bits per heavy atom. The van der Waals surface area contributed by atoms with Crippen LogP contribution in [0.3, 0.4) is 0 Å². The zero-order valence-corrected chi connectivity index (χ0v) is 9.76. The quantitative estimate of drug-likeness (QED) is 0.351. The van der Waals surface area contributed by atoms with E-state index in [0.29, 0.717) is 0 Å². The molecular formula is C9H13BN2O7. The fourth-order valence-corrected chi connectivity index (χ4v) is 1.95. The number of nitrogens with zero attached hydrogens (tertiary/aromatic N) is 1. The first-order chi connectivity index (χ1) is 8.93. The monoisotopic (exact) mass is 272 g/mol. The first kappa shape index (κ1) is 14.0. The Balaban J connectivity index is 2.38. The first-order valence-electron chi connectivity index (χ1n) is 5.60. The molecule has 2 rings (SSSR count). The minimum absolute atomic E-state index is 0.0398. The summed E-state index contributed by atoms with van der Waals surface area (Å²) in [5.74, 6) is 0. The molecule has 1 aromatic rings. The number of aromatic nitrogens is 2. The molecular weight excluding hydrogens is 259 g/mol. The molecule has 0 bridgehead atoms. The van der Waals surface area contributed by atoms with Crippen molar-refractivity contribution < 1.29 is 25.0 Å². The van der Waals surface area contributed by atoms with Crippen LogP contribution in [0.4, 0.5) is 0 Å². The molecule has 5 N–H and O–H groups in total. The van der Waals surface area contributed by atoms with E-state index < -0.39 is 48.9 Å². The van der Waals surface area contributed by atoms with Gasteiger partial charge in [0.05, 0.1) is 18.2 Å². The van der Waals surface area contributed by atoms with Gasteiger partial charge in [0.1, 0.15) is 12.3 Å². The Kier molecular flexibility index (Phi) is 3.87.